The van der Waals surface area contributed by atoms with Crippen molar-refractivity contribution in [3.8, 4) is 0 Å². The number of rotatable bonds is 6. The standard InChI is InChI=1S/C13H27N3O2S/c1-11(2)16(10-13-3-4-13)19(17,18)15-7-5-12(9-14)6-8-15/h11-13H,3-10,14H2,1-2H3. The minimum absolute atomic E-state index is 0.0397. The van der Waals surface area contributed by atoms with Crippen LogP contribution in [-0.4, -0.2) is 49.2 Å². The van der Waals surface area contributed by atoms with E-state index in [4.69, 9.17) is 5.73 Å². The average molecular weight is 289 g/mol. The first-order valence-corrected chi connectivity index (χ1v) is 8.81. The third-order valence-corrected chi connectivity index (χ3v) is 6.42. The van der Waals surface area contributed by atoms with Crippen molar-refractivity contribution in [1.82, 2.24) is 8.61 Å². The summed E-state index contributed by atoms with van der Waals surface area (Å²) >= 11 is 0. The summed E-state index contributed by atoms with van der Waals surface area (Å²) in [7, 11) is -3.28. The normalized spacial score (nSPS) is 23.4. The van der Waals surface area contributed by atoms with Crippen LogP contribution >= 0.6 is 0 Å². The molecule has 0 bridgehead atoms. The minimum Gasteiger partial charge on any atom is -0.330 e. The Hall–Kier alpha value is -0.170. The molecule has 0 atom stereocenters. The maximum Gasteiger partial charge on any atom is 0.282 e. The fraction of sp³-hybridized carbons (Fsp3) is 1.00. The Balaban J connectivity index is 2.02. The Labute approximate surface area is 117 Å². The highest BCUT2D eigenvalue weighted by Gasteiger charge is 2.37. The summed E-state index contributed by atoms with van der Waals surface area (Å²) in [4.78, 5) is 0. The lowest BCUT2D eigenvalue weighted by molar-refractivity contribution is 0.244. The molecule has 2 fully saturated rings. The van der Waals surface area contributed by atoms with E-state index >= 15 is 0 Å². The lowest BCUT2D eigenvalue weighted by atomic mass is 9.99. The third kappa shape index (κ3) is 3.68. The van der Waals surface area contributed by atoms with Gasteiger partial charge in [-0.1, -0.05) is 0 Å². The molecule has 5 nitrogen and oxygen atoms in total. The summed E-state index contributed by atoms with van der Waals surface area (Å²) in [6, 6.07) is 0.0397. The molecule has 1 saturated heterocycles. The zero-order valence-corrected chi connectivity index (χ0v) is 12.9. The summed E-state index contributed by atoms with van der Waals surface area (Å²) in [5, 5.41) is 0. The molecule has 0 amide bonds. The van der Waals surface area contributed by atoms with Gasteiger partial charge in [0.1, 0.15) is 0 Å². The van der Waals surface area contributed by atoms with Crippen molar-refractivity contribution in [1.29, 1.82) is 0 Å². The van der Waals surface area contributed by atoms with Gasteiger partial charge in [-0.25, -0.2) is 0 Å². The van der Waals surface area contributed by atoms with E-state index in [-0.39, 0.29) is 6.04 Å². The van der Waals surface area contributed by atoms with Crippen LogP contribution in [0.3, 0.4) is 0 Å². The van der Waals surface area contributed by atoms with Gasteiger partial charge in [0.25, 0.3) is 10.2 Å². The number of piperidine rings is 1. The van der Waals surface area contributed by atoms with E-state index in [0.717, 1.165) is 12.8 Å². The second kappa shape index (κ2) is 6.08. The molecule has 0 aromatic carbocycles. The fourth-order valence-electron chi connectivity index (χ4n) is 2.65. The molecule has 0 unspecified atom stereocenters. The number of hydrogen-bond acceptors (Lipinski definition) is 3. The Morgan fingerprint density at radius 2 is 1.74 bits per heavy atom. The van der Waals surface area contributed by atoms with Crippen LogP contribution in [-0.2, 0) is 10.2 Å². The Morgan fingerprint density at radius 3 is 2.16 bits per heavy atom. The van der Waals surface area contributed by atoms with Gasteiger partial charge in [0.05, 0.1) is 0 Å². The minimum atomic E-state index is -3.28. The van der Waals surface area contributed by atoms with Crippen molar-refractivity contribution in [3.63, 3.8) is 0 Å². The van der Waals surface area contributed by atoms with Crippen molar-refractivity contribution in [2.24, 2.45) is 17.6 Å². The van der Waals surface area contributed by atoms with E-state index in [9.17, 15) is 8.42 Å². The van der Waals surface area contributed by atoms with Gasteiger partial charge >= 0.3 is 0 Å². The van der Waals surface area contributed by atoms with Crippen LogP contribution in [0.5, 0.6) is 0 Å². The van der Waals surface area contributed by atoms with Crippen LogP contribution < -0.4 is 5.73 Å². The quantitative estimate of drug-likeness (QED) is 0.794. The lowest BCUT2D eigenvalue weighted by Gasteiger charge is -2.36. The molecule has 2 rings (SSSR count). The van der Waals surface area contributed by atoms with Gasteiger partial charge in [0.15, 0.2) is 0 Å². The molecule has 0 aromatic heterocycles. The topological polar surface area (TPSA) is 66.6 Å². The van der Waals surface area contributed by atoms with Crippen LogP contribution in [0.1, 0.15) is 39.5 Å². The summed E-state index contributed by atoms with van der Waals surface area (Å²) in [5.74, 6) is 1.07. The largest absolute Gasteiger partial charge is 0.330 e. The molecule has 1 aliphatic carbocycles. The number of hydrogen-bond donors (Lipinski definition) is 1. The van der Waals surface area contributed by atoms with Gasteiger partial charge in [-0.2, -0.15) is 17.0 Å². The van der Waals surface area contributed by atoms with Crippen molar-refractivity contribution in [2.45, 2.75) is 45.6 Å². The fourth-order valence-corrected chi connectivity index (χ4v) is 4.55. The summed E-state index contributed by atoms with van der Waals surface area (Å²) in [6.45, 7) is 6.54. The van der Waals surface area contributed by atoms with E-state index in [1.165, 1.54) is 12.8 Å². The van der Waals surface area contributed by atoms with E-state index in [0.29, 0.717) is 38.0 Å². The van der Waals surface area contributed by atoms with Crippen molar-refractivity contribution < 1.29 is 8.42 Å². The molecule has 112 valence electrons. The van der Waals surface area contributed by atoms with E-state index in [2.05, 4.69) is 0 Å². The molecule has 2 N–H and O–H groups in total. The monoisotopic (exact) mass is 289 g/mol. The third-order valence-electron chi connectivity index (χ3n) is 4.24. The molecule has 19 heavy (non-hydrogen) atoms. The Bertz CT molecular complexity index is 385. The Morgan fingerprint density at radius 1 is 1.16 bits per heavy atom. The molecule has 2 aliphatic rings. The highest BCUT2D eigenvalue weighted by Crippen LogP contribution is 2.32. The van der Waals surface area contributed by atoms with Gasteiger partial charge < -0.3 is 5.73 Å². The molecular weight excluding hydrogens is 262 g/mol. The first-order chi connectivity index (χ1) is 8.95. The van der Waals surface area contributed by atoms with Gasteiger partial charge in [-0.15, -0.1) is 0 Å². The number of nitrogens with two attached hydrogens (primary N) is 1. The predicted octanol–water partition coefficient (Wildman–Crippen LogP) is 1.02. The molecule has 0 aromatic rings. The van der Waals surface area contributed by atoms with Gasteiger partial charge in [0, 0.05) is 25.7 Å². The highest BCUT2D eigenvalue weighted by molar-refractivity contribution is 7.86. The van der Waals surface area contributed by atoms with E-state index < -0.39 is 10.2 Å². The van der Waals surface area contributed by atoms with Crippen molar-refractivity contribution >= 4 is 10.2 Å². The summed E-state index contributed by atoms with van der Waals surface area (Å²) in [6.07, 6.45) is 4.14. The van der Waals surface area contributed by atoms with E-state index in [1.54, 1.807) is 8.61 Å². The first-order valence-electron chi connectivity index (χ1n) is 7.42. The lowest BCUT2D eigenvalue weighted by Crippen LogP contribution is -2.50. The summed E-state index contributed by atoms with van der Waals surface area (Å²) < 4.78 is 28.8. The molecule has 0 spiro atoms. The van der Waals surface area contributed by atoms with Gasteiger partial charge in [-0.3, -0.25) is 0 Å². The maximum atomic E-state index is 12.7. The second-order valence-corrected chi connectivity index (χ2v) is 8.07. The van der Waals surface area contributed by atoms with Crippen LogP contribution in [0, 0.1) is 11.8 Å². The zero-order chi connectivity index (χ0) is 14.0. The molecule has 1 heterocycles. The second-order valence-electron chi connectivity index (χ2n) is 6.19. The smallest absolute Gasteiger partial charge is 0.282 e. The Kier molecular flexibility index (Phi) is 4.87. The molecular formula is C13H27N3O2S. The van der Waals surface area contributed by atoms with Crippen LogP contribution in [0.4, 0.5) is 0 Å². The predicted molar refractivity (Wildman–Crippen MR) is 76.8 cm³/mol. The van der Waals surface area contributed by atoms with Crippen LogP contribution in [0.25, 0.3) is 0 Å². The van der Waals surface area contributed by atoms with Crippen molar-refractivity contribution in [3.05, 3.63) is 0 Å². The van der Waals surface area contributed by atoms with Crippen LogP contribution in [0.2, 0.25) is 0 Å². The first kappa shape index (κ1) is 15.2. The molecule has 0 radical (unpaired) electrons. The van der Waals surface area contributed by atoms with Gasteiger partial charge in [-0.05, 0) is 57.9 Å². The molecule has 1 aliphatic heterocycles. The van der Waals surface area contributed by atoms with Gasteiger partial charge in [0.2, 0.25) is 0 Å². The zero-order valence-electron chi connectivity index (χ0n) is 12.1. The summed E-state index contributed by atoms with van der Waals surface area (Å²) in [5.41, 5.74) is 5.66. The molecule has 6 heteroatoms. The molecule has 1 saturated carbocycles. The highest BCUT2D eigenvalue weighted by atomic mass is 32.2. The average Bonchev–Trinajstić information content (AvgIpc) is 3.19. The maximum absolute atomic E-state index is 12.7. The number of nitrogens with zero attached hydrogens (tertiary/aromatic N) is 2. The van der Waals surface area contributed by atoms with E-state index in [1.807, 2.05) is 13.8 Å². The van der Waals surface area contributed by atoms with Crippen LogP contribution in [0.15, 0.2) is 0 Å². The van der Waals surface area contributed by atoms with Crippen molar-refractivity contribution in [2.75, 3.05) is 26.2 Å². The SMILES string of the molecule is CC(C)N(CC1CC1)S(=O)(=O)N1CCC(CN)CC1.